The van der Waals surface area contributed by atoms with Crippen LogP contribution < -0.4 is 5.73 Å². The lowest BCUT2D eigenvalue weighted by Gasteiger charge is -2.47. The Morgan fingerprint density at radius 3 is 2.80 bits per heavy atom. The molecular weight excluding hydrogens is 332 g/mol. The Bertz CT molecular complexity index is 438. The van der Waals surface area contributed by atoms with Gasteiger partial charge in [-0.15, -0.1) is 11.3 Å². The summed E-state index contributed by atoms with van der Waals surface area (Å²) in [6.07, 6.45) is 8.45. The largest absolute Gasteiger partial charge is 0.329 e. The van der Waals surface area contributed by atoms with Crippen LogP contribution >= 0.6 is 27.3 Å². The number of thiophene rings is 1. The van der Waals surface area contributed by atoms with Crippen molar-refractivity contribution in [1.82, 2.24) is 4.90 Å². The molecule has 1 saturated heterocycles. The number of piperidine rings is 1. The van der Waals surface area contributed by atoms with Crippen LogP contribution in [0, 0.1) is 12.8 Å². The minimum absolute atomic E-state index is 0.427. The highest BCUT2D eigenvalue weighted by Gasteiger charge is 2.37. The van der Waals surface area contributed by atoms with Gasteiger partial charge in [-0.25, -0.2) is 0 Å². The predicted octanol–water partition coefficient (Wildman–Crippen LogP) is 4.47. The topological polar surface area (TPSA) is 29.3 Å². The number of nitrogens with zero attached hydrogens (tertiary/aromatic N) is 1. The fourth-order valence-corrected chi connectivity index (χ4v) is 5.81. The van der Waals surface area contributed by atoms with E-state index in [1.54, 1.807) is 0 Å². The molecule has 1 aliphatic carbocycles. The standard InChI is InChI=1S/C16H25BrN2S/c1-11-13(17)9-16(20-11)15(10-18)19-8-4-6-12-5-2-3-7-14(12)19/h9,12,14-15H,2-8,10,18H2,1H3. The fraction of sp³-hybridized carbons (Fsp3) is 0.750. The van der Waals surface area contributed by atoms with Gasteiger partial charge in [0.1, 0.15) is 0 Å². The molecule has 2 heterocycles. The maximum atomic E-state index is 6.17. The summed E-state index contributed by atoms with van der Waals surface area (Å²) >= 11 is 5.57. The molecule has 4 heteroatoms. The Kier molecular flexibility index (Phi) is 4.86. The Morgan fingerprint density at radius 1 is 1.35 bits per heavy atom. The lowest BCUT2D eigenvalue weighted by Crippen LogP contribution is -2.49. The molecule has 2 nitrogen and oxygen atoms in total. The van der Waals surface area contributed by atoms with Gasteiger partial charge in [-0.05, 0) is 67.1 Å². The summed E-state index contributed by atoms with van der Waals surface area (Å²) in [4.78, 5) is 5.56. The molecule has 1 aliphatic heterocycles. The first-order chi connectivity index (χ1) is 9.70. The van der Waals surface area contributed by atoms with Crippen molar-refractivity contribution < 1.29 is 0 Å². The van der Waals surface area contributed by atoms with Crippen LogP contribution in [0.25, 0.3) is 0 Å². The highest BCUT2D eigenvalue weighted by molar-refractivity contribution is 9.10. The van der Waals surface area contributed by atoms with Crippen molar-refractivity contribution in [3.63, 3.8) is 0 Å². The van der Waals surface area contributed by atoms with E-state index >= 15 is 0 Å². The SMILES string of the molecule is Cc1sc(C(CN)N2CCCC3CCCCC32)cc1Br. The first-order valence-corrected chi connectivity index (χ1v) is 9.53. The minimum Gasteiger partial charge on any atom is -0.329 e. The zero-order valence-corrected chi connectivity index (χ0v) is 14.7. The van der Waals surface area contributed by atoms with E-state index in [1.807, 2.05) is 11.3 Å². The van der Waals surface area contributed by atoms with E-state index in [2.05, 4.69) is 33.8 Å². The van der Waals surface area contributed by atoms with Gasteiger partial charge in [0.25, 0.3) is 0 Å². The number of fused-ring (bicyclic) bond motifs is 1. The molecule has 3 atom stereocenters. The van der Waals surface area contributed by atoms with Crippen molar-refractivity contribution in [3.8, 4) is 0 Å². The fourth-order valence-electron chi connectivity index (χ4n) is 4.11. The first-order valence-electron chi connectivity index (χ1n) is 7.92. The maximum absolute atomic E-state index is 6.17. The van der Waals surface area contributed by atoms with Gasteiger partial charge in [0.2, 0.25) is 0 Å². The minimum atomic E-state index is 0.427. The smallest absolute Gasteiger partial charge is 0.0567 e. The Hall–Kier alpha value is 0.100. The molecule has 112 valence electrons. The van der Waals surface area contributed by atoms with Crippen LogP contribution in [0.5, 0.6) is 0 Å². The molecule has 0 bridgehead atoms. The van der Waals surface area contributed by atoms with E-state index in [9.17, 15) is 0 Å². The van der Waals surface area contributed by atoms with E-state index < -0.39 is 0 Å². The first kappa shape index (κ1) is 15.0. The normalized spacial score (nSPS) is 29.1. The van der Waals surface area contributed by atoms with Gasteiger partial charge in [0, 0.05) is 26.8 Å². The van der Waals surface area contributed by atoms with Gasteiger partial charge in [0.05, 0.1) is 6.04 Å². The molecule has 1 saturated carbocycles. The number of likely N-dealkylation sites (tertiary alicyclic amines) is 1. The third-order valence-electron chi connectivity index (χ3n) is 5.11. The van der Waals surface area contributed by atoms with E-state index in [1.165, 1.54) is 59.3 Å². The average Bonchev–Trinajstić information content (AvgIpc) is 2.79. The van der Waals surface area contributed by atoms with Gasteiger partial charge in [0.15, 0.2) is 0 Å². The number of hydrogen-bond acceptors (Lipinski definition) is 3. The third-order valence-corrected chi connectivity index (χ3v) is 7.35. The monoisotopic (exact) mass is 356 g/mol. The number of nitrogens with two attached hydrogens (primary N) is 1. The van der Waals surface area contributed by atoms with Crippen LogP contribution in [-0.2, 0) is 0 Å². The van der Waals surface area contributed by atoms with Crippen molar-refractivity contribution >= 4 is 27.3 Å². The molecule has 0 amide bonds. The molecule has 2 aliphatic rings. The molecule has 2 N–H and O–H groups in total. The summed E-state index contributed by atoms with van der Waals surface area (Å²) in [5, 5.41) is 0. The lowest BCUT2D eigenvalue weighted by molar-refractivity contribution is 0.0287. The summed E-state index contributed by atoms with van der Waals surface area (Å²) in [7, 11) is 0. The van der Waals surface area contributed by atoms with Crippen LogP contribution in [0.3, 0.4) is 0 Å². The lowest BCUT2D eigenvalue weighted by atomic mass is 9.77. The summed E-state index contributed by atoms with van der Waals surface area (Å²) < 4.78 is 1.24. The second kappa shape index (κ2) is 6.47. The molecule has 1 aromatic rings. The molecule has 0 radical (unpaired) electrons. The van der Waals surface area contributed by atoms with Crippen LogP contribution in [0.15, 0.2) is 10.5 Å². The van der Waals surface area contributed by atoms with Crippen molar-refractivity contribution in [3.05, 3.63) is 20.3 Å². The van der Waals surface area contributed by atoms with E-state index in [4.69, 9.17) is 5.73 Å². The summed E-state index contributed by atoms with van der Waals surface area (Å²) in [6, 6.07) is 3.51. The molecule has 0 spiro atoms. The Morgan fingerprint density at radius 2 is 2.10 bits per heavy atom. The zero-order valence-electron chi connectivity index (χ0n) is 12.3. The van der Waals surface area contributed by atoms with E-state index in [-0.39, 0.29) is 0 Å². The highest BCUT2D eigenvalue weighted by Crippen LogP contribution is 2.41. The van der Waals surface area contributed by atoms with Crippen LogP contribution in [-0.4, -0.2) is 24.0 Å². The molecular formula is C16H25BrN2S. The Labute approximate surface area is 134 Å². The predicted molar refractivity (Wildman–Crippen MR) is 90.2 cm³/mol. The number of rotatable bonds is 3. The number of halogens is 1. The van der Waals surface area contributed by atoms with Crippen molar-refractivity contribution in [1.29, 1.82) is 0 Å². The van der Waals surface area contributed by atoms with Gasteiger partial charge >= 0.3 is 0 Å². The van der Waals surface area contributed by atoms with Crippen molar-refractivity contribution in [2.24, 2.45) is 11.7 Å². The second-order valence-electron chi connectivity index (χ2n) is 6.30. The number of aryl methyl sites for hydroxylation is 1. The maximum Gasteiger partial charge on any atom is 0.0567 e. The molecule has 3 unspecified atom stereocenters. The van der Waals surface area contributed by atoms with Crippen LogP contribution in [0.1, 0.15) is 54.3 Å². The average molecular weight is 357 g/mol. The molecule has 1 aromatic heterocycles. The summed E-state index contributed by atoms with van der Waals surface area (Å²) in [5.41, 5.74) is 6.17. The number of hydrogen-bond donors (Lipinski definition) is 1. The molecule has 20 heavy (non-hydrogen) atoms. The van der Waals surface area contributed by atoms with Crippen LogP contribution in [0.2, 0.25) is 0 Å². The van der Waals surface area contributed by atoms with Crippen molar-refractivity contribution in [2.75, 3.05) is 13.1 Å². The van der Waals surface area contributed by atoms with Gasteiger partial charge in [-0.3, -0.25) is 4.90 Å². The summed E-state index contributed by atoms with van der Waals surface area (Å²) in [6.45, 7) is 4.17. The molecule has 2 fully saturated rings. The summed E-state index contributed by atoms with van der Waals surface area (Å²) in [5.74, 6) is 0.927. The zero-order chi connectivity index (χ0) is 14.1. The molecule has 0 aromatic carbocycles. The quantitative estimate of drug-likeness (QED) is 0.865. The highest BCUT2D eigenvalue weighted by atomic mass is 79.9. The van der Waals surface area contributed by atoms with Gasteiger partial charge in [-0.1, -0.05) is 12.8 Å². The van der Waals surface area contributed by atoms with E-state index in [0.717, 1.165) is 18.5 Å². The second-order valence-corrected chi connectivity index (χ2v) is 8.44. The van der Waals surface area contributed by atoms with E-state index in [0.29, 0.717) is 6.04 Å². The van der Waals surface area contributed by atoms with Crippen molar-refractivity contribution in [2.45, 2.75) is 57.5 Å². The Balaban J connectivity index is 1.83. The van der Waals surface area contributed by atoms with Crippen LogP contribution in [0.4, 0.5) is 0 Å². The van der Waals surface area contributed by atoms with Gasteiger partial charge in [-0.2, -0.15) is 0 Å². The van der Waals surface area contributed by atoms with Gasteiger partial charge < -0.3 is 5.73 Å². The molecule has 3 rings (SSSR count). The third kappa shape index (κ3) is 2.85.